The van der Waals surface area contributed by atoms with Gasteiger partial charge in [-0.1, -0.05) is 12.1 Å². The molecule has 2 rings (SSSR count). The zero-order valence-corrected chi connectivity index (χ0v) is 16.3. The molecule has 0 saturated carbocycles. The molecule has 1 N–H and O–H groups in total. The molecule has 0 spiro atoms. The van der Waals surface area contributed by atoms with Crippen molar-refractivity contribution in [3.8, 4) is 0 Å². The van der Waals surface area contributed by atoms with E-state index in [2.05, 4.69) is 0 Å². The maximum atomic E-state index is 12.2. The fourth-order valence-corrected chi connectivity index (χ4v) is 2.49. The summed E-state index contributed by atoms with van der Waals surface area (Å²) < 4.78 is 17.3. The summed E-state index contributed by atoms with van der Waals surface area (Å²) in [7, 11) is 0.918. The highest BCUT2D eigenvalue weighted by atomic mass is 16.7. The van der Waals surface area contributed by atoms with Crippen LogP contribution >= 0.6 is 0 Å². The van der Waals surface area contributed by atoms with E-state index in [0.717, 1.165) is 10.5 Å². The standard InChI is InChI=1S/C18H28BNO6/c1-13(11-12-21)24-16(22)20(23-6)15-9-7-14(8-10-15)19-25-17(2,3)18(4,5)26-19/h7-10,13,21H,11-12H2,1-6H3. The normalized spacial score (nSPS) is 19.3. The van der Waals surface area contributed by atoms with E-state index in [1.54, 1.807) is 19.1 Å². The molecule has 1 saturated heterocycles. The highest BCUT2D eigenvalue weighted by molar-refractivity contribution is 6.62. The number of carbonyl (C=O) groups is 1. The van der Waals surface area contributed by atoms with Crippen molar-refractivity contribution in [2.45, 2.75) is 58.3 Å². The van der Waals surface area contributed by atoms with Crippen LogP contribution in [-0.4, -0.2) is 49.3 Å². The van der Waals surface area contributed by atoms with Crippen LogP contribution in [0.25, 0.3) is 0 Å². The molecule has 0 bridgehead atoms. The second-order valence-corrected chi connectivity index (χ2v) is 7.36. The lowest BCUT2D eigenvalue weighted by molar-refractivity contribution is 0.00578. The van der Waals surface area contributed by atoms with Crippen molar-refractivity contribution in [1.29, 1.82) is 0 Å². The van der Waals surface area contributed by atoms with Gasteiger partial charge in [-0.2, -0.15) is 5.06 Å². The van der Waals surface area contributed by atoms with E-state index in [0.29, 0.717) is 12.1 Å². The Labute approximate surface area is 155 Å². The first kappa shape index (κ1) is 20.7. The maximum absolute atomic E-state index is 12.2. The van der Waals surface area contributed by atoms with E-state index in [4.69, 9.17) is 24.0 Å². The van der Waals surface area contributed by atoms with Crippen LogP contribution in [0.5, 0.6) is 0 Å². The zero-order chi connectivity index (χ0) is 19.5. The summed E-state index contributed by atoms with van der Waals surface area (Å²) in [5.41, 5.74) is 0.544. The Balaban J connectivity index is 2.09. The van der Waals surface area contributed by atoms with Gasteiger partial charge < -0.3 is 19.2 Å². The van der Waals surface area contributed by atoms with Gasteiger partial charge in [0.1, 0.15) is 6.10 Å². The number of ether oxygens (including phenoxy) is 1. The molecule has 1 unspecified atom stereocenters. The molecule has 7 nitrogen and oxygen atoms in total. The first-order valence-electron chi connectivity index (χ1n) is 8.72. The summed E-state index contributed by atoms with van der Waals surface area (Å²) in [5, 5.41) is 9.97. The molecule has 1 fully saturated rings. The van der Waals surface area contributed by atoms with Gasteiger partial charge in [0.2, 0.25) is 0 Å². The van der Waals surface area contributed by atoms with Gasteiger partial charge in [0.25, 0.3) is 0 Å². The number of aliphatic hydroxyl groups is 1. The predicted octanol–water partition coefficient (Wildman–Crippen LogP) is 2.26. The average Bonchev–Trinajstić information content (AvgIpc) is 2.77. The average molecular weight is 365 g/mol. The third-order valence-electron chi connectivity index (χ3n) is 4.84. The highest BCUT2D eigenvalue weighted by Crippen LogP contribution is 2.36. The van der Waals surface area contributed by atoms with E-state index < -0.39 is 30.5 Å². The van der Waals surface area contributed by atoms with Crippen LogP contribution in [0, 0.1) is 0 Å². The molecule has 0 radical (unpaired) electrons. The molecule has 1 aliphatic rings. The first-order valence-corrected chi connectivity index (χ1v) is 8.72. The monoisotopic (exact) mass is 365 g/mol. The highest BCUT2D eigenvalue weighted by Gasteiger charge is 2.51. The Morgan fingerprint density at radius 3 is 2.19 bits per heavy atom. The van der Waals surface area contributed by atoms with Gasteiger partial charge in [-0.05, 0) is 52.2 Å². The third-order valence-corrected chi connectivity index (χ3v) is 4.84. The molecule has 1 atom stereocenters. The molecule has 0 aliphatic carbocycles. The van der Waals surface area contributed by atoms with E-state index in [1.165, 1.54) is 7.11 Å². The molecule has 26 heavy (non-hydrogen) atoms. The van der Waals surface area contributed by atoms with E-state index >= 15 is 0 Å². The van der Waals surface area contributed by atoms with Crippen LogP contribution in [0.15, 0.2) is 24.3 Å². The fourth-order valence-electron chi connectivity index (χ4n) is 2.49. The molecule has 1 aromatic rings. The quantitative estimate of drug-likeness (QED) is 0.616. The van der Waals surface area contributed by atoms with Gasteiger partial charge in [0.15, 0.2) is 0 Å². The van der Waals surface area contributed by atoms with E-state index in [1.807, 2.05) is 39.8 Å². The lowest BCUT2D eigenvalue weighted by atomic mass is 9.79. The van der Waals surface area contributed by atoms with Crippen molar-refractivity contribution in [1.82, 2.24) is 0 Å². The minimum absolute atomic E-state index is 0.0514. The number of carbonyl (C=O) groups excluding carboxylic acids is 1. The van der Waals surface area contributed by atoms with Gasteiger partial charge in [-0.25, -0.2) is 4.79 Å². The summed E-state index contributed by atoms with van der Waals surface area (Å²) in [6.07, 6.45) is -0.685. The summed E-state index contributed by atoms with van der Waals surface area (Å²) >= 11 is 0. The minimum Gasteiger partial charge on any atom is -0.445 e. The Morgan fingerprint density at radius 1 is 1.19 bits per heavy atom. The number of hydrogen-bond acceptors (Lipinski definition) is 6. The van der Waals surface area contributed by atoms with Crippen LogP contribution < -0.4 is 10.5 Å². The predicted molar refractivity (Wildman–Crippen MR) is 99.3 cm³/mol. The second-order valence-electron chi connectivity index (χ2n) is 7.36. The minimum atomic E-state index is -0.642. The Bertz CT molecular complexity index is 603. The molecule has 8 heteroatoms. The van der Waals surface area contributed by atoms with E-state index in [-0.39, 0.29) is 6.61 Å². The molecule has 1 aliphatic heterocycles. The van der Waals surface area contributed by atoms with Crippen molar-refractivity contribution >= 4 is 24.4 Å². The number of benzene rings is 1. The van der Waals surface area contributed by atoms with E-state index in [9.17, 15) is 4.79 Å². The van der Waals surface area contributed by atoms with Gasteiger partial charge in [-0.3, -0.25) is 4.84 Å². The Morgan fingerprint density at radius 2 is 1.73 bits per heavy atom. The maximum Gasteiger partial charge on any atom is 0.494 e. The topological polar surface area (TPSA) is 77.5 Å². The number of rotatable bonds is 6. The number of hydroxylamine groups is 1. The third kappa shape index (κ3) is 4.38. The van der Waals surface area contributed by atoms with Crippen LogP contribution in [0.3, 0.4) is 0 Å². The van der Waals surface area contributed by atoms with Crippen molar-refractivity contribution in [2.75, 3.05) is 18.8 Å². The smallest absolute Gasteiger partial charge is 0.445 e. The molecule has 1 heterocycles. The molecule has 1 amide bonds. The van der Waals surface area contributed by atoms with Gasteiger partial charge in [0, 0.05) is 13.0 Å². The second kappa shape index (κ2) is 7.96. The van der Waals surface area contributed by atoms with Crippen LogP contribution in [0.4, 0.5) is 10.5 Å². The summed E-state index contributed by atoms with van der Waals surface area (Å²) in [6, 6.07) is 7.13. The molecule has 1 aromatic carbocycles. The van der Waals surface area contributed by atoms with Crippen molar-refractivity contribution in [3.63, 3.8) is 0 Å². The zero-order valence-electron chi connectivity index (χ0n) is 16.3. The molecular weight excluding hydrogens is 337 g/mol. The number of anilines is 1. The SMILES string of the molecule is CON(C(=O)OC(C)CCO)c1ccc(B2OC(C)(C)C(C)(C)O2)cc1. The summed E-state index contributed by atoms with van der Waals surface area (Å²) in [6.45, 7) is 9.65. The lowest BCUT2D eigenvalue weighted by Gasteiger charge is -2.32. The number of nitrogens with zero attached hydrogens (tertiary/aromatic N) is 1. The Kier molecular flexibility index (Phi) is 6.34. The number of amides is 1. The fraction of sp³-hybridized carbons (Fsp3) is 0.611. The van der Waals surface area contributed by atoms with Crippen molar-refractivity contribution < 1.29 is 28.8 Å². The van der Waals surface area contributed by atoms with Gasteiger partial charge >= 0.3 is 13.2 Å². The lowest BCUT2D eigenvalue weighted by Crippen LogP contribution is -2.41. The molecular formula is C18H28BNO6. The molecule has 0 aromatic heterocycles. The number of aliphatic hydroxyl groups excluding tert-OH is 1. The van der Waals surface area contributed by atoms with Gasteiger partial charge in [0.05, 0.1) is 24.0 Å². The van der Waals surface area contributed by atoms with Crippen LogP contribution in [0.1, 0.15) is 41.0 Å². The summed E-state index contributed by atoms with van der Waals surface area (Å²) in [4.78, 5) is 17.4. The van der Waals surface area contributed by atoms with Crippen LogP contribution in [0.2, 0.25) is 0 Å². The first-order chi connectivity index (χ1) is 12.1. The largest absolute Gasteiger partial charge is 0.494 e. The molecule has 144 valence electrons. The summed E-state index contributed by atoms with van der Waals surface area (Å²) in [5.74, 6) is 0. The number of hydrogen-bond donors (Lipinski definition) is 1. The van der Waals surface area contributed by atoms with Crippen LogP contribution in [-0.2, 0) is 18.9 Å². The van der Waals surface area contributed by atoms with Gasteiger partial charge in [-0.15, -0.1) is 0 Å². The van der Waals surface area contributed by atoms with Crippen molar-refractivity contribution in [2.24, 2.45) is 0 Å². The Hall–Kier alpha value is -1.61. The van der Waals surface area contributed by atoms with Crippen molar-refractivity contribution in [3.05, 3.63) is 24.3 Å².